The summed E-state index contributed by atoms with van der Waals surface area (Å²) in [5.74, 6) is -0.202. The van der Waals surface area contributed by atoms with E-state index in [-0.39, 0.29) is 5.91 Å². The average Bonchev–Trinajstić information content (AvgIpc) is 2.89. The zero-order valence-corrected chi connectivity index (χ0v) is 15.5. The number of aryl methyl sites for hydroxylation is 1. The lowest BCUT2D eigenvalue weighted by Gasteiger charge is -2.11. The molecule has 1 N–H and O–H groups in total. The van der Waals surface area contributed by atoms with Gasteiger partial charge < -0.3 is 14.6 Å². The van der Waals surface area contributed by atoms with Crippen LogP contribution in [0.1, 0.15) is 21.7 Å². The zero-order valence-electron chi connectivity index (χ0n) is 13.9. The molecule has 0 bridgehead atoms. The van der Waals surface area contributed by atoms with Crippen molar-refractivity contribution in [3.05, 3.63) is 64.0 Å². The molecule has 0 aliphatic heterocycles. The predicted molar refractivity (Wildman–Crippen MR) is 99.4 cm³/mol. The molecule has 2 heterocycles. The number of carbonyl (C=O) groups is 1. The van der Waals surface area contributed by atoms with Gasteiger partial charge in [0.1, 0.15) is 5.65 Å². The van der Waals surface area contributed by atoms with Crippen molar-refractivity contribution in [1.82, 2.24) is 14.3 Å². The lowest BCUT2D eigenvalue weighted by Crippen LogP contribution is -2.19. The maximum Gasteiger partial charge on any atom is 0.276 e. The van der Waals surface area contributed by atoms with E-state index in [1.807, 2.05) is 72.9 Å². The Hall–Kier alpha value is -2.18. The van der Waals surface area contributed by atoms with E-state index in [1.165, 1.54) is 0 Å². The zero-order chi connectivity index (χ0) is 17.3. The first-order valence-corrected chi connectivity index (χ1v) is 8.43. The predicted octanol–water partition coefficient (Wildman–Crippen LogP) is 3.72. The van der Waals surface area contributed by atoms with Gasteiger partial charge in [0.05, 0.1) is 5.69 Å². The Morgan fingerprint density at radius 3 is 2.79 bits per heavy atom. The second kappa shape index (κ2) is 6.75. The Bertz CT molecular complexity index is 901. The number of aromatic nitrogens is 2. The molecule has 24 heavy (non-hydrogen) atoms. The third-order valence-electron chi connectivity index (χ3n) is 3.74. The molecule has 2 aromatic heterocycles. The number of anilines is 1. The summed E-state index contributed by atoms with van der Waals surface area (Å²) in [5, 5.41) is 2.94. The van der Waals surface area contributed by atoms with Gasteiger partial charge in [0.25, 0.3) is 5.91 Å². The summed E-state index contributed by atoms with van der Waals surface area (Å²) in [7, 11) is 3.95. The van der Waals surface area contributed by atoms with Gasteiger partial charge in [0.2, 0.25) is 0 Å². The Morgan fingerprint density at radius 1 is 1.29 bits per heavy atom. The number of halogens is 1. The number of hydrogen-bond acceptors (Lipinski definition) is 3. The van der Waals surface area contributed by atoms with Crippen LogP contribution in [-0.2, 0) is 6.54 Å². The fraction of sp³-hybridized carbons (Fsp3) is 0.222. The van der Waals surface area contributed by atoms with Crippen molar-refractivity contribution in [2.24, 2.45) is 0 Å². The summed E-state index contributed by atoms with van der Waals surface area (Å²) < 4.78 is 2.92. The molecular formula is C18H19BrN4O. The van der Waals surface area contributed by atoms with Crippen LogP contribution in [0.3, 0.4) is 0 Å². The smallest absolute Gasteiger partial charge is 0.276 e. The normalized spacial score (nSPS) is 11.2. The van der Waals surface area contributed by atoms with E-state index in [0.29, 0.717) is 12.2 Å². The SMILES string of the molecule is Cc1ccc(NC(=O)c2nc3ccccn3c2CN(C)C)cc1Br. The standard InChI is InChI=1S/C18H19BrN4O/c1-12-7-8-13(10-14(12)19)20-18(24)17-15(11-22(2)3)23-9-5-4-6-16(23)21-17/h4-10H,11H2,1-3H3,(H,20,24). The van der Waals surface area contributed by atoms with Crippen LogP contribution in [0.2, 0.25) is 0 Å². The maximum absolute atomic E-state index is 12.8. The number of fused-ring (bicyclic) bond motifs is 1. The number of imidazole rings is 1. The van der Waals surface area contributed by atoms with Crippen LogP contribution in [0.15, 0.2) is 47.1 Å². The summed E-state index contributed by atoms with van der Waals surface area (Å²) in [6.07, 6.45) is 1.93. The summed E-state index contributed by atoms with van der Waals surface area (Å²) in [4.78, 5) is 19.3. The second-order valence-corrected chi connectivity index (χ2v) is 6.85. The first kappa shape index (κ1) is 16.7. The first-order valence-electron chi connectivity index (χ1n) is 7.64. The highest BCUT2D eigenvalue weighted by molar-refractivity contribution is 9.10. The molecule has 6 heteroatoms. The van der Waals surface area contributed by atoms with Gasteiger partial charge >= 0.3 is 0 Å². The van der Waals surface area contributed by atoms with Crippen molar-refractivity contribution in [2.75, 3.05) is 19.4 Å². The van der Waals surface area contributed by atoms with E-state index in [9.17, 15) is 4.79 Å². The van der Waals surface area contributed by atoms with Gasteiger partial charge in [-0.15, -0.1) is 0 Å². The van der Waals surface area contributed by atoms with Crippen molar-refractivity contribution >= 4 is 33.2 Å². The van der Waals surface area contributed by atoms with Crippen molar-refractivity contribution in [1.29, 1.82) is 0 Å². The summed E-state index contributed by atoms with van der Waals surface area (Å²) in [6, 6.07) is 11.5. The quantitative estimate of drug-likeness (QED) is 0.743. The molecule has 3 rings (SSSR count). The van der Waals surface area contributed by atoms with E-state index < -0.39 is 0 Å². The Kier molecular flexibility index (Phi) is 4.69. The minimum Gasteiger partial charge on any atom is -0.321 e. The molecule has 3 aromatic rings. The Balaban J connectivity index is 1.97. The molecule has 0 atom stereocenters. The lowest BCUT2D eigenvalue weighted by atomic mass is 10.2. The summed E-state index contributed by atoms with van der Waals surface area (Å²) in [5.41, 5.74) is 3.95. The molecule has 0 saturated heterocycles. The van der Waals surface area contributed by atoms with Crippen LogP contribution in [0.4, 0.5) is 5.69 Å². The van der Waals surface area contributed by atoms with Crippen LogP contribution < -0.4 is 5.32 Å². The molecule has 0 unspecified atom stereocenters. The fourth-order valence-electron chi connectivity index (χ4n) is 2.54. The van der Waals surface area contributed by atoms with E-state index >= 15 is 0 Å². The third kappa shape index (κ3) is 3.34. The van der Waals surface area contributed by atoms with Crippen LogP contribution >= 0.6 is 15.9 Å². The minimum absolute atomic E-state index is 0.202. The number of carbonyl (C=O) groups excluding carboxylic acids is 1. The van der Waals surface area contributed by atoms with Gasteiger partial charge in [-0.3, -0.25) is 4.79 Å². The first-order chi connectivity index (χ1) is 11.5. The van der Waals surface area contributed by atoms with E-state index in [4.69, 9.17) is 0 Å². The van der Waals surface area contributed by atoms with E-state index in [2.05, 4.69) is 26.2 Å². The molecule has 1 amide bonds. The highest BCUT2D eigenvalue weighted by atomic mass is 79.9. The average molecular weight is 387 g/mol. The molecule has 0 aliphatic carbocycles. The van der Waals surface area contributed by atoms with Gasteiger partial charge in [-0.05, 0) is 50.8 Å². The minimum atomic E-state index is -0.202. The molecule has 0 saturated carbocycles. The topological polar surface area (TPSA) is 49.6 Å². The lowest BCUT2D eigenvalue weighted by molar-refractivity contribution is 0.102. The number of benzene rings is 1. The second-order valence-electron chi connectivity index (χ2n) is 5.99. The molecule has 5 nitrogen and oxygen atoms in total. The highest BCUT2D eigenvalue weighted by Gasteiger charge is 2.19. The highest BCUT2D eigenvalue weighted by Crippen LogP contribution is 2.22. The molecule has 0 aliphatic rings. The number of hydrogen-bond donors (Lipinski definition) is 1. The number of nitrogens with one attached hydrogen (secondary N) is 1. The number of rotatable bonds is 4. The maximum atomic E-state index is 12.8. The van der Waals surface area contributed by atoms with Crippen LogP contribution in [-0.4, -0.2) is 34.3 Å². The molecular weight excluding hydrogens is 368 g/mol. The molecule has 1 aromatic carbocycles. The molecule has 124 valence electrons. The Labute approximate surface area is 149 Å². The van der Waals surface area contributed by atoms with Gasteiger partial charge in [0.15, 0.2) is 5.69 Å². The van der Waals surface area contributed by atoms with E-state index in [1.54, 1.807) is 0 Å². The number of nitrogens with zero attached hydrogens (tertiary/aromatic N) is 3. The monoisotopic (exact) mass is 386 g/mol. The van der Waals surface area contributed by atoms with Crippen LogP contribution in [0, 0.1) is 6.92 Å². The van der Waals surface area contributed by atoms with Crippen molar-refractivity contribution < 1.29 is 4.79 Å². The van der Waals surface area contributed by atoms with E-state index in [0.717, 1.165) is 27.1 Å². The fourth-order valence-corrected chi connectivity index (χ4v) is 2.92. The molecule has 0 spiro atoms. The Morgan fingerprint density at radius 2 is 2.08 bits per heavy atom. The molecule has 0 fully saturated rings. The van der Waals surface area contributed by atoms with Crippen LogP contribution in [0.5, 0.6) is 0 Å². The van der Waals surface area contributed by atoms with Gasteiger partial charge in [0, 0.05) is 22.9 Å². The van der Waals surface area contributed by atoms with Crippen molar-refractivity contribution in [3.63, 3.8) is 0 Å². The van der Waals surface area contributed by atoms with Crippen molar-refractivity contribution in [3.8, 4) is 0 Å². The van der Waals surface area contributed by atoms with Crippen LogP contribution in [0.25, 0.3) is 5.65 Å². The largest absolute Gasteiger partial charge is 0.321 e. The van der Waals surface area contributed by atoms with Gasteiger partial charge in [-0.1, -0.05) is 28.1 Å². The van der Waals surface area contributed by atoms with Gasteiger partial charge in [-0.2, -0.15) is 0 Å². The number of pyridine rings is 1. The summed E-state index contributed by atoms with van der Waals surface area (Å²) in [6.45, 7) is 2.64. The number of amides is 1. The van der Waals surface area contributed by atoms with Gasteiger partial charge in [-0.25, -0.2) is 4.98 Å². The van der Waals surface area contributed by atoms with Crippen molar-refractivity contribution in [2.45, 2.75) is 13.5 Å². The summed E-state index contributed by atoms with van der Waals surface area (Å²) >= 11 is 3.49. The third-order valence-corrected chi connectivity index (χ3v) is 4.59. The molecule has 0 radical (unpaired) electrons.